The minimum atomic E-state index is -3.72. The van der Waals surface area contributed by atoms with Crippen LogP contribution < -0.4 is 15.4 Å². The van der Waals surface area contributed by atoms with Crippen LogP contribution in [0.5, 0.6) is 0 Å². The summed E-state index contributed by atoms with van der Waals surface area (Å²) >= 11 is 0. The minimum absolute atomic E-state index is 0. The molecule has 0 aromatic heterocycles. The molecule has 2 aromatic rings. The van der Waals surface area contributed by atoms with E-state index in [4.69, 9.17) is 4.74 Å². The van der Waals surface area contributed by atoms with Crippen molar-refractivity contribution in [1.29, 1.82) is 0 Å². The normalized spacial score (nSPS) is 11.6. The molecule has 0 radical (unpaired) electrons. The Hall–Kier alpha value is -1.76. The van der Waals surface area contributed by atoms with E-state index in [1.807, 2.05) is 6.07 Å². The lowest BCUT2D eigenvalue weighted by atomic mass is 10.2. The van der Waals surface area contributed by atoms with Crippen molar-refractivity contribution in [3.05, 3.63) is 65.5 Å². The Balaban J connectivity index is 0.00000450. The molecule has 0 spiro atoms. The fourth-order valence-corrected chi connectivity index (χ4v) is 3.65. The van der Waals surface area contributed by atoms with Crippen molar-refractivity contribution in [2.24, 2.45) is 4.99 Å². The monoisotopic (exact) mass is 550 g/mol. The average molecular weight is 550 g/mol. The summed E-state index contributed by atoms with van der Waals surface area (Å²) in [4.78, 5) is 4.28. The lowest BCUT2D eigenvalue weighted by Crippen LogP contribution is -2.37. The standard InChI is InChI=1S/C20H27FN4O3S.HI/c1-22-20(23-10-5-11-28-2)24-14-17-7-4-9-19(13-17)29(26,27)25-15-16-6-3-8-18(21)12-16;/h3-4,6-9,12-13,25H,5,10-11,14-15H2,1-2H3,(H2,22,23,24);1H. The smallest absolute Gasteiger partial charge is 0.240 e. The molecule has 0 heterocycles. The van der Waals surface area contributed by atoms with Crippen molar-refractivity contribution in [1.82, 2.24) is 15.4 Å². The Kier molecular flexibility index (Phi) is 11.8. The lowest BCUT2D eigenvalue weighted by Gasteiger charge is -2.13. The molecule has 0 saturated carbocycles. The number of guanidine groups is 1. The van der Waals surface area contributed by atoms with Crippen molar-refractivity contribution >= 4 is 40.0 Å². The second-order valence-corrected chi connectivity index (χ2v) is 8.07. The van der Waals surface area contributed by atoms with E-state index in [0.717, 1.165) is 12.0 Å². The average Bonchev–Trinajstić information content (AvgIpc) is 2.72. The van der Waals surface area contributed by atoms with E-state index >= 15 is 0 Å². The molecule has 3 N–H and O–H groups in total. The number of hydrogen-bond acceptors (Lipinski definition) is 4. The van der Waals surface area contributed by atoms with Crippen LogP contribution in [-0.4, -0.2) is 41.7 Å². The van der Waals surface area contributed by atoms with Gasteiger partial charge in [0.15, 0.2) is 5.96 Å². The van der Waals surface area contributed by atoms with Gasteiger partial charge >= 0.3 is 0 Å². The van der Waals surface area contributed by atoms with Crippen LogP contribution in [-0.2, 0) is 27.8 Å². The Morgan fingerprint density at radius 1 is 1.07 bits per heavy atom. The third kappa shape index (κ3) is 8.94. The maximum atomic E-state index is 13.3. The van der Waals surface area contributed by atoms with E-state index in [1.54, 1.807) is 38.4 Å². The molecule has 0 aliphatic rings. The Bertz CT molecular complexity index is 926. The fraction of sp³-hybridized carbons (Fsp3) is 0.350. The van der Waals surface area contributed by atoms with Gasteiger partial charge in [-0.15, -0.1) is 24.0 Å². The minimum Gasteiger partial charge on any atom is -0.385 e. The summed E-state index contributed by atoms with van der Waals surface area (Å²) in [6.45, 7) is 1.80. The quantitative estimate of drug-likeness (QED) is 0.183. The van der Waals surface area contributed by atoms with Crippen molar-refractivity contribution in [2.75, 3.05) is 27.3 Å². The fourth-order valence-electron chi connectivity index (χ4n) is 2.56. The van der Waals surface area contributed by atoms with Gasteiger partial charge in [0.1, 0.15) is 5.82 Å². The number of methoxy groups -OCH3 is 1. The van der Waals surface area contributed by atoms with Gasteiger partial charge in [0.2, 0.25) is 10.0 Å². The molecule has 0 unspecified atom stereocenters. The number of halogens is 2. The second kappa shape index (κ2) is 13.5. The molecule has 7 nitrogen and oxygen atoms in total. The van der Waals surface area contributed by atoms with E-state index in [1.165, 1.54) is 18.2 Å². The number of sulfonamides is 1. The number of ether oxygens (including phenoxy) is 1. The molecule has 0 saturated heterocycles. The van der Waals surface area contributed by atoms with Gasteiger partial charge in [-0.25, -0.2) is 17.5 Å². The van der Waals surface area contributed by atoms with Crippen LogP contribution in [0, 0.1) is 5.82 Å². The van der Waals surface area contributed by atoms with Crippen LogP contribution >= 0.6 is 24.0 Å². The highest BCUT2D eigenvalue weighted by Gasteiger charge is 2.14. The Labute approximate surface area is 194 Å². The number of nitrogens with one attached hydrogen (secondary N) is 3. The van der Waals surface area contributed by atoms with Gasteiger partial charge in [0.25, 0.3) is 0 Å². The molecule has 10 heteroatoms. The zero-order valence-electron chi connectivity index (χ0n) is 17.0. The van der Waals surface area contributed by atoms with Crippen LogP contribution in [0.3, 0.4) is 0 Å². The molecule has 0 amide bonds. The van der Waals surface area contributed by atoms with Gasteiger partial charge in [-0.1, -0.05) is 24.3 Å². The van der Waals surface area contributed by atoms with Crippen LogP contribution in [0.4, 0.5) is 4.39 Å². The second-order valence-electron chi connectivity index (χ2n) is 6.30. The predicted molar refractivity (Wildman–Crippen MR) is 127 cm³/mol. The SMILES string of the molecule is CN=C(NCCCOC)NCc1cccc(S(=O)(=O)NCc2cccc(F)c2)c1.I. The number of hydrogen-bond donors (Lipinski definition) is 3. The van der Waals surface area contributed by atoms with E-state index in [2.05, 4.69) is 20.3 Å². The predicted octanol–water partition coefficient (Wildman–Crippen LogP) is 2.62. The summed E-state index contributed by atoms with van der Waals surface area (Å²) in [6, 6.07) is 12.5. The zero-order valence-corrected chi connectivity index (χ0v) is 20.2. The van der Waals surface area contributed by atoms with Gasteiger partial charge in [0.05, 0.1) is 4.90 Å². The summed E-state index contributed by atoms with van der Waals surface area (Å²) in [7, 11) is -0.395. The molecule has 0 atom stereocenters. The summed E-state index contributed by atoms with van der Waals surface area (Å²) in [5.41, 5.74) is 1.34. The first-order valence-corrected chi connectivity index (χ1v) is 10.7. The van der Waals surface area contributed by atoms with E-state index in [-0.39, 0.29) is 35.4 Å². The van der Waals surface area contributed by atoms with Gasteiger partial charge in [0, 0.05) is 40.4 Å². The molecular weight excluding hydrogens is 522 g/mol. The number of rotatable bonds is 10. The van der Waals surface area contributed by atoms with E-state index < -0.39 is 15.8 Å². The van der Waals surface area contributed by atoms with Crippen molar-refractivity contribution in [3.8, 4) is 0 Å². The maximum absolute atomic E-state index is 13.3. The van der Waals surface area contributed by atoms with Crippen LogP contribution in [0.2, 0.25) is 0 Å². The number of nitrogens with zero attached hydrogens (tertiary/aromatic N) is 1. The summed E-state index contributed by atoms with van der Waals surface area (Å²) in [5, 5.41) is 6.31. The number of aliphatic imine (C=N–C) groups is 1. The molecule has 166 valence electrons. The van der Waals surface area contributed by atoms with Gasteiger partial charge in [-0.05, 0) is 41.8 Å². The molecule has 2 aromatic carbocycles. The van der Waals surface area contributed by atoms with Crippen LogP contribution in [0.1, 0.15) is 17.5 Å². The third-order valence-corrected chi connectivity index (χ3v) is 5.46. The molecule has 0 aliphatic carbocycles. The summed E-state index contributed by atoms with van der Waals surface area (Å²) in [5.74, 6) is 0.220. The van der Waals surface area contributed by atoms with Crippen molar-refractivity contribution in [2.45, 2.75) is 24.4 Å². The van der Waals surface area contributed by atoms with Gasteiger partial charge in [-0.2, -0.15) is 0 Å². The highest BCUT2D eigenvalue weighted by Crippen LogP contribution is 2.13. The van der Waals surface area contributed by atoms with E-state index in [0.29, 0.717) is 31.2 Å². The zero-order chi connectivity index (χ0) is 21.1. The molecule has 30 heavy (non-hydrogen) atoms. The summed E-state index contributed by atoms with van der Waals surface area (Å²) < 4.78 is 45.9. The highest BCUT2D eigenvalue weighted by atomic mass is 127. The lowest BCUT2D eigenvalue weighted by molar-refractivity contribution is 0.195. The third-order valence-electron chi connectivity index (χ3n) is 4.07. The molecule has 0 fully saturated rings. The topological polar surface area (TPSA) is 91.8 Å². The van der Waals surface area contributed by atoms with E-state index in [9.17, 15) is 12.8 Å². The van der Waals surface area contributed by atoms with Crippen molar-refractivity contribution in [3.63, 3.8) is 0 Å². The Morgan fingerprint density at radius 2 is 1.77 bits per heavy atom. The first-order valence-electron chi connectivity index (χ1n) is 9.21. The largest absolute Gasteiger partial charge is 0.385 e. The molecule has 0 aliphatic heterocycles. The number of benzene rings is 2. The first-order chi connectivity index (χ1) is 13.9. The van der Waals surface area contributed by atoms with Crippen LogP contribution in [0.15, 0.2) is 58.4 Å². The summed E-state index contributed by atoms with van der Waals surface area (Å²) in [6.07, 6.45) is 0.849. The van der Waals surface area contributed by atoms with Gasteiger partial charge in [-0.3, -0.25) is 4.99 Å². The Morgan fingerprint density at radius 3 is 2.43 bits per heavy atom. The molecular formula is C20H28FIN4O3S. The molecule has 0 bridgehead atoms. The first kappa shape index (κ1) is 26.3. The van der Waals surface area contributed by atoms with Gasteiger partial charge < -0.3 is 15.4 Å². The van der Waals surface area contributed by atoms with Crippen LogP contribution in [0.25, 0.3) is 0 Å². The maximum Gasteiger partial charge on any atom is 0.240 e. The molecule has 2 rings (SSSR count). The van der Waals surface area contributed by atoms with Crippen molar-refractivity contribution < 1.29 is 17.5 Å². The highest BCUT2D eigenvalue weighted by molar-refractivity contribution is 14.0.